The zero-order chi connectivity index (χ0) is 14.6. The van der Waals surface area contributed by atoms with Crippen molar-refractivity contribution in [3.8, 4) is 0 Å². The Balaban J connectivity index is 2.94. The molecular formula is C12H13BrF3NO2. The molecule has 0 fully saturated rings. The van der Waals surface area contributed by atoms with Crippen LogP contribution in [0.2, 0.25) is 0 Å². The Morgan fingerprint density at radius 1 is 1.42 bits per heavy atom. The van der Waals surface area contributed by atoms with Crippen LogP contribution >= 0.6 is 15.9 Å². The van der Waals surface area contributed by atoms with Crippen LogP contribution in [0.1, 0.15) is 30.5 Å². The zero-order valence-electron chi connectivity index (χ0n) is 10.1. The van der Waals surface area contributed by atoms with Crippen molar-refractivity contribution < 1.29 is 22.7 Å². The van der Waals surface area contributed by atoms with Gasteiger partial charge in [-0.3, -0.25) is 4.79 Å². The molecule has 3 nitrogen and oxygen atoms in total. The van der Waals surface area contributed by atoms with Crippen LogP contribution in [0.5, 0.6) is 0 Å². The molecule has 1 atom stereocenters. The number of carbonyl (C=O) groups is 1. The number of esters is 1. The summed E-state index contributed by atoms with van der Waals surface area (Å²) in [4.78, 5) is 11.3. The highest BCUT2D eigenvalue weighted by molar-refractivity contribution is 9.10. The fourth-order valence-electron chi connectivity index (χ4n) is 1.51. The van der Waals surface area contributed by atoms with E-state index in [1.807, 2.05) is 0 Å². The molecule has 106 valence electrons. The second kappa shape index (κ2) is 6.38. The predicted octanol–water partition coefficient (Wildman–Crippen LogP) is 3.42. The minimum absolute atomic E-state index is 0.165. The van der Waals surface area contributed by atoms with Crippen LogP contribution in [0.15, 0.2) is 22.7 Å². The first-order valence-corrected chi connectivity index (χ1v) is 6.32. The second-order valence-corrected chi connectivity index (χ2v) is 4.80. The molecule has 0 radical (unpaired) electrons. The number of hydrogen-bond acceptors (Lipinski definition) is 3. The maximum absolute atomic E-state index is 12.6. The molecule has 0 aliphatic rings. The number of carbonyl (C=O) groups excluding carboxylic acids is 1. The van der Waals surface area contributed by atoms with E-state index >= 15 is 0 Å². The zero-order valence-corrected chi connectivity index (χ0v) is 11.7. The van der Waals surface area contributed by atoms with Crippen molar-refractivity contribution in [2.45, 2.75) is 25.6 Å². The van der Waals surface area contributed by atoms with Crippen LogP contribution in [0.3, 0.4) is 0 Å². The van der Waals surface area contributed by atoms with Crippen molar-refractivity contribution in [1.29, 1.82) is 0 Å². The van der Waals surface area contributed by atoms with Crippen molar-refractivity contribution in [2.75, 3.05) is 6.61 Å². The van der Waals surface area contributed by atoms with Gasteiger partial charge < -0.3 is 10.5 Å². The Bertz CT molecular complexity index is 463. The van der Waals surface area contributed by atoms with Gasteiger partial charge in [-0.1, -0.05) is 15.9 Å². The first-order valence-electron chi connectivity index (χ1n) is 5.53. The lowest BCUT2D eigenvalue weighted by molar-refractivity contribution is -0.143. The smallest absolute Gasteiger partial charge is 0.416 e. The van der Waals surface area contributed by atoms with Gasteiger partial charge >= 0.3 is 12.1 Å². The molecule has 0 aliphatic carbocycles. The van der Waals surface area contributed by atoms with Crippen molar-refractivity contribution in [2.24, 2.45) is 5.73 Å². The quantitative estimate of drug-likeness (QED) is 0.855. The summed E-state index contributed by atoms with van der Waals surface area (Å²) in [5, 5.41) is 0. The standard InChI is InChI=1S/C12H13BrF3NO2/c1-2-19-11(18)6-10(17)7-3-8(12(14,15)16)5-9(13)4-7/h3-5,10H,2,6,17H2,1H3. The molecule has 0 aliphatic heterocycles. The summed E-state index contributed by atoms with van der Waals surface area (Å²) in [6.07, 6.45) is -4.62. The summed E-state index contributed by atoms with van der Waals surface area (Å²) in [5.41, 5.74) is 5.14. The Labute approximate surface area is 117 Å². The SMILES string of the molecule is CCOC(=O)CC(N)c1cc(Br)cc(C(F)(F)F)c1. The van der Waals surface area contributed by atoms with Crippen LogP contribution in [0.25, 0.3) is 0 Å². The van der Waals surface area contributed by atoms with E-state index < -0.39 is 23.8 Å². The highest BCUT2D eigenvalue weighted by Gasteiger charge is 2.31. The lowest BCUT2D eigenvalue weighted by Crippen LogP contribution is -2.18. The number of hydrogen-bond donors (Lipinski definition) is 1. The molecule has 0 spiro atoms. The van der Waals surface area contributed by atoms with Crippen molar-refractivity contribution in [3.05, 3.63) is 33.8 Å². The molecule has 1 unspecified atom stereocenters. The van der Waals surface area contributed by atoms with Gasteiger partial charge in [-0.2, -0.15) is 13.2 Å². The maximum atomic E-state index is 12.6. The topological polar surface area (TPSA) is 52.3 Å². The van der Waals surface area contributed by atoms with E-state index in [0.717, 1.165) is 12.1 Å². The van der Waals surface area contributed by atoms with Gasteiger partial charge in [0.2, 0.25) is 0 Å². The molecule has 0 amide bonds. The van der Waals surface area contributed by atoms with Crippen LogP contribution in [-0.2, 0) is 15.7 Å². The maximum Gasteiger partial charge on any atom is 0.416 e. The van der Waals surface area contributed by atoms with Gasteiger partial charge in [0.15, 0.2) is 0 Å². The molecule has 0 aromatic heterocycles. The minimum atomic E-state index is -4.46. The highest BCUT2D eigenvalue weighted by atomic mass is 79.9. The molecule has 1 aromatic carbocycles. The average molecular weight is 340 g/mol. The lowest BCUT2D eigenvalue weighted by Gasteiger charge is -2.14. The third-order valence-electron chi connectivity index (χ3n) is 2.37. The first kappa shape index (κ1) is 16.0. The monoisotopic (exact) mass is 339 g/mol. The number of nitrogens with two attached hydrogens (primary N) is 1. The summed E-state index contributed by atoms with van der Waals surface area (Å²) < 4.78 is 42.9. The van der Waals surface area contributed by atoms with E-state index in [1.54, 1.807) is 6.92 Å². The fraction of sp³-hybridized carbons (Fsp3) is 0.417. The van der Waals surface area contributed by atoms with Gasteiger partial charge in [-0.25, -0.2) is 0 Å². The fourth-order valence-corrected chi connectivity index (χ4v) is 2.02. The van der Waals surface area contributed by atoms with Crippen LogP contribution in [-0.4, -0.2) is 12.6 Å². The first-order chi connectivity index (χ1) is 8.74. The minimum Gasteiger partial charge on any atom is -0.466 e. The predicted molar refractivity (Wildman–Crippen MR) is 67.3 cm³/mol. The molecule has 2 N–H and O–H groups in total. The van der Waals surface area contributed by atoms with Crippen LogP contribution in [0, 0.1) is 0 Å². The molecular weight excluding hydrogens is 327 g/mol. The second-order valence-electron chi connectivity index (χ2n) is 3.89. The number of ether oxygens (including phenoxy) is 1. The Morgan fingerprint density at radius 2 is 2.05 bits per heavy atom. The van der Waals surface area contributed by atoms with Gasteiger partial charge in [0.05, 0.1) is 18.6 Å². The van der Waals surface area contributed by atoms with E-state index in [9.17, 15) is 18.0 Å². The molecule has 0 heterocycles. The van der Waals surface area contributed by atoms with Gasteiger partial charge in [0, 0.05) is 10.5 Å². The molecule has 0 saturated carbocycles. The summed E-state index contributed by atoms with van der Waals surface area (Å²) in [5.74, 6) is -0.538. The summed E-state index contributed by atoms with van der Waals surface area (Å²) in [6.45, 7) is 1.85. The molecule has 1 aromatic rings. The Hall–Kier alpha value is -1.08. The average Bonchev–Trinajstić information content (AvgIpc) is 2.27. The molecule has 19 heavy (non-hydrogen) atoms. The lowest BCUT2D eigenvalue weighted by atomic mass is 10.0. The molecule has 7 heteroatoms. The number of alkyl halides is 3. The van der Waals surface area contributed by atoms with Crippen molar-refractivity contribution >= 4 is 21.9 Å². The Morgan fingerprint density at radius 3 is 2.58 bits per heavy atom. The van der Waals surface area contributed by atoms with Crippen molar-refractivity contribution in [1.82, 2.24) is 0 Å². The molecule has 0 saturated heterocycles. The van der Waals surface area contributed by atoms with Gasteiger partial charge in [0.1, 0.15) is 0 Å². The van der Waals surface area contributed by atoms with Gasteiger partial charge in [-0.15, -0.1) is 0 Å². The van der Waals surface area contributed by atoms with E-state index in [1.165, 1.54) is 6.07 Å². The number of benzene rings is 1. The third-order valence-corrected chi connectivity index (χ3v) is 2.83. The number of rotatable bonds is 4. The van der Waals surface area contributed by atoms with E-state index in [-0.39, 0.29) is 23.1 Å². The van der Waals surface area contributed by atoms with Gasteiger partial charge in [0.25, 0.3) is 0 Å². The van der Waals surface area contributed by atoms with Crippen LogP contribution in [0.4, 0.5) is 13.2 Å². The largest absolute Gasteiger partial charge is 0.466 e. The third kappa shape index (κ3) is 4.83. The summed E-state index contributed by atoms with van der Waals surface area (Å²) >= 11 is 3.00. The van der Waals surface area contributed by atoms with E-state index in [2.05, 4.69) is 15.9 Å². The Kier molecular flexibility index (Phi) is 5.37. The summed E-state index contributed by atoms with van der Waals surface area (Å²) in [6, 6.07) is 2.52. The van der Waals surface area contributed by atoms with Gasteiger partial charge in [-0.05, 0) is 30.7 Å². The normalized spacial score (nSPS) is 13.2. The summed E-state index contributed by atoms with van der Waals surface area (Å²) in [7, 11) is 0. The van der Waals surface area contributed by atoms with E-state index in [4.69, 9.17) is 10.5 Å². The highest BCUT2D eigenvalue weighted by Crippen LogP contribution is 2.33. The number of halogens is 4. The molecule has 1 rings (SSSR count). The van der Waals surface area contributed by atoms with E-state index in [0.29, 0.717) is 0 Å². The van der Waals surface area contributed by atoms with Crippen LogP contribution < -0.4 is 5.73 Å². The molecule has 0 bridgehead atoms. The van der Waals surface area contributed by atoms with Crippen molar-refractivity contribution in [3.63, 3.8) is 0 Å².